The normalized spacial score (nSPS) is 14.4. The molecule has 0 heterocycles. The van der Waals surface area contributed by atoms with Gasteiger partial charge in [-0.3, -0.25) is 0 Å². The minimum atomic E-state index is -4.53. The summed E-state index contributed by atoms with van der Waals surface area (Å²) in [5.74, 6) is -1.71. The van der Waals surface area contributed by atoms with Crippen LogP contribution < -0.4 is 5.73 Å². The molecule has 0 amide bonds. The first-order chi connectivity index (χ1) is 9.36. The van der Waals surface area contributed by atoms with Crippen LogP contribution in [0.4, 0.5) is 13.2 Å². The fourth-order valence-corrected chi connectivity index (χ4v) is 1.64. The Hall–Kier alpha value is -1.82. The van der Waals surface area contributed by atoms with E-state index in [0.29, 0.717) is 0 Å². The summed E-state index contributed by atoms with van der Waals surface area (Å²) in [4.78, 5) is 11.7. The molecule has 0 fully saturated rings. The highest BCUT2D eigenvalue weighted by Crippen LogP contribution is 2.26. The van der Waals surface area contributed by atoms with Gasteiger partial charge < -0.3 is 10.5 Å². The summed E-state index contributed by atoms with van der Waals surface area (Å²) in [6.45, 7) is 2.98. The number of rotatable bonds is 6. The van der Waals surface area contributed by atoms with E-state index in [4.69, 9.17) is 10.5 Å². The molecule has 2 N–H and O–H groups in total. The SMILES string of the molecule is C=CC[C@@H](COC(=O)c1ccccc1)[C@H](N)C(F)(F)F. The first-order valence-electron chi connectivity index (χ1n) is 6.01. The molecule has 1 rings (SSSR count). The van der Waals surface area contributed by atoms with Crippen LogP contribution in [-0.2, 0) is 4.74 Å². The van der Waals surface area contributed by atoms with Crippen LogP contribution in [0.3, 0.4) is 0 Å². The van der Waals surface area contributed by atoms with Crippen LogP contribution in [-0.4, -0.2) is 24.8 Å². The summed E-state index contributed by atoms with van der Waals surface area (Å²) in [5.41, 5.74) is 5.42. The Kier molecular flexibility index (Phi) is 5.76. The van der Waals surface area contributed by atoms with Crippen molar-refractivity contribution in [3.63, 3.8) is 0 Å². The summed E-state index contributed by atoms with van der Waals surface area (Å²) in [6.07, 6.45) is -3.19. The number of hydrogen-bond donors (Lipinski definition) is 1. The maximum absolute atomic E-state index is 12.6. The zero-order chi connectivity index (χ0) is 15.2. The molecule has 6 heteroatoms. The Morgan fingerprint density at radius 3 is 2.45 bits per heavy atom. The molecular formula is C14H16F3NO2. The topological polar surface area (TPSA) is 52.3 Å². The number of benzene rings is 1. The molecule has 0 saturated heterocycles. The summed E-state index contributed by atoms with van der Waals surface area (Å²) >= 11 is 0. The molecule has 0 aromatic heterocycles. The van der Waals surface area contributed by atoms with Gasteiger partial charge in [0, 0.05) is 5.92 Å². The average Bonchev–Trinajstić information content (AvgIpc) is 2.42. The molecule has 0 spiro atoms. The highest BCUT2D eigenvalue weighted by molar-refractivity contribution is 5.89. The Labute approximate surface area is 115 Å². The number of halogens is 3. The van der Waals surface area contributed by atoms with Crippen LogP contribution in [0, 0.1) is 5.92 Å². The molecule has 0 aliphatic rings. The van der Waals surface area contributed by atoms with Gasteiger partial charge in [-0.15, -0.1) is 6.58 Å². The summed E-state index contributed by atoms with van der Waals surface area (Å²) in [6, 6.07) is 5.99. The van der Waals surface area contributed by atoms with Crippen molar-refractivity contribution in [2.75, 3.05) is 6.61 Å². The second-order valence-corrected chi connectivity index (χ2v) is 4.32. The van der Waals surface area contributed by atoms with Gasteiger partial charge in [-0.25, -0.2) is 4.79 Å². The first-order valence-corrected chi connectivity index (χ1v) is 6.01. The molecule has 0 radical (unpaired) electrons. The smallest absolute Gasteiger partial charge is 0.404 e. The molecule has 1 aromatic rings. The molecule has 1 aromatic carbocycles. The molecule has 0 saturated carbocycles. The zero-order valence-corrected chi connectivity index (χ0v) is 10.8. The van der Waals surface area contributed by atoms with Crippen molar-refractivity contribution in [3.8, 4) is 0 Å². The second kappa shape index (κ2) is 7.09. The van der Waals surface area contributed by atoms with E-state index in [-0.39, 0.29) is 12.0 Å². The number of carbonyl (C=O) groups is 1. The number of hydrogen-bond acceptors (Lipinski definition) is 3. The van der Waals surface area contributed by atoms with Crippen molar-refractivity contribution >= 4 is 5.97 Å². The maximum Gasteiger partial charge on any atom is 0.404 e. The molecule has 0 unspecified atom stereocenters. The van der Waals surface area contributed by atoms with Gasteiger partial charge in [-0.2, -0.15) is 13.2 Å². The van der Waals surface area contributed by atoms with Gasteiger partial charge in [0.15, 0.2) is 0 Å². The van der Waals surface area contributed by atoms with Gasteiger partial charge in [0.2, 0.25) is 0 Å². The number of allylic oxidation sites excluding steroid dienone is 1. The number of carbonyl (C=O) groups excluding carboxylic acids is 1. The maximum atomic E-state index is 12.6. The largest absolute Gasteiger partial charge is 0.462 e. The zero-order valence-electron chi connectivity index (χ0n) is 10.8. The molecule has 0 aliphatic carbocycles. The van der Waals surface area contributed by atoms with Crippen molar-refractivity contribution in [3.05, 3.63) is 48.6 Å². The van der Waals surface area contributed by atoms with Gasteiger partial charge in [0.1, 0.15) is 6.04 Å². The van der Waals surface area contributed by atoms with Crippen LogP contribution in [0.15, 0.2) is 43.0 Å². The van der Waals surface area contributed by atoms with E-state index in [1.165, 1.54) is 18.2 Å². The molecule has 0 aliphatic heterocycles. The monoisotopic (exact) mass is 287 g/mol. The third kappa shape index (κ3) is 4.70. The standard InChI is InChI=1S/C14H16F3NO2/c1-2-6-11(12(18)14(15,16)17)9-20-13(19)10-7-4-3-5-8-10/h2-5,7-8,11-12H,1,6,9,18H2/t11-,12-/m0/s1. The average molecular weight is 287 g/mol. The molecule has 2 atom stereocenters. The van der Waals surface area contributed by atoms with E-state index in [0.717, 1.165) is 0 Å². The van der Waals surface area contributed by atoms with Crippen LogP contribution in [0.5, 0.6) is 0 Å². The minimum absolute atomic E-state index is 0.0166. The Morgan fingerprint density at radius 1 is 1.35 bits per heavy atom. The Balaban J connectivity index is 2.64. The Bertz CT molecular complexity index is 445. The lowest BCUT2D eigenvalue weighted by atomic mass is 9.97. The van der Waals surface area contributed by atoms with Crippen molar-refractivity contribution in [1.29, 1.82) is 0 Å². The van der Waals surface area contributed by atoms with E-state index in [1.54, 1.807) is 18.2 Å². The van der Waals surface area contributed by atoms with Crippen molar-refractivity contribution in [2.24, 2.45) is 11.7 Å². The van der Waals surface area contributed by atoms with E-state index in [1.807, 2.05) is 0 Å². The number of nitrogens with two attached hydrogens (primary N) is 1. The van der Waals surface area contributed by atoms with Gasteiger partial charge in [0.05, 0.1) is 12.2 Å². The van der Waals surface area contributed by atoms with Gasteiger partial charge in [-0.05, 0) is 18.6 Å². The van der Waals surface area contributed by atoms with Crippen LogP contribution in [0.1, 0.15) is 16.8 Å². The fourth-order valence-electron chi connectivity index (χ4n) is 1.64. The highest BCUT2D eigenvalue weighted by atomic mass is 19.4. The summed E-state index contributed by atoms with van der Waals surface area (Å²) in [5, 5.41) is 0. The number of alkyl halides is 3. The van der Waals surface area contributed by atoms with Crippen LogP contribution in [0.25, 0.3) is 0 Å². The number of ether oxygens (including phenoxy) is 1. The third-order valence-corrected chi connectivity index (χ3v) is 2.79. The lowest BCUT2D eigenvalue weighted by molar-refractivity contribution is -0.161. The van der Waals surface area contributed by atoms with Gasteiger partial charge in [0.25, 0.3) is 0 Å². The van der Waals surface area contributed by atoms with E-state index < -0.39 is 30.7 Å². The van der Waals surface area contributed by atoms with Crippen LogP contribution >= 0.6 is 0 Å². The summed E-state index contributed by atoms with van der Waals surface area (Å²) in [7, 11) is 0. The quantitative estimate of drug-likeness (QED) is 0.646. The molecule has 0 bridgehead atoms. The van der Waals surface area contributed by atoms with Crippen molar-refractivity contribution in [1.82, 2.24) is 0 Å². The fraction of sp³-hybridized carbons (Fsp3) is 0.357. The minimum Gasteiger partial charge on any atom is -0.462 e. The predicted molar refractivity (Wildman–Crippen MR) is 69.1 cm³/mol. The van der Waals surface area contributed by atoms with E-state index in [2.05, 4.69) is 6.58 Å². The van der Waals surface area contributed by atoms with Gasteiger partial charge in [-0.1, -0.05) is 24.3 Å². The third-order valence-electron chi connectivity index (χ3n) is 2.79. The lowest BCUT2D eigenvalue weighted by Gasteiger charge is -2.24. The number of esters is 1. The van der Waals surface area contributed by atoms with Crippen LogP contribution in [0.2, 0.25) is 0 Å². The lowest BCUT2D eigenvalue weighted by Crippen LogP contribution is -2.45. The summed E-state index contributed by atoms with van der Waals surface area (Å²) < 4.78 is 42.6. The predicted octanol–water partition coefficient (Wildman–Crippen LogP) is 2.93. The Morgan fingerprint density at radius 2 is 1.95 bits per heavy atom. The van der Waals surface area contributed by atoms with Crippen molar-refractivity contribution < 1.29 is 22.7 Å². The highest BCUT2D eigenvalue weighted by Gasteiger charge is 2.41. The molecular weight excluding hydrogens is 271 g/mol. The van der Waals surface area contributed by atoms with E-state index >= 15 is 0 Å². The molecule has 20 heavy (non-hydrogen) atoms. The van der Waals surface area contributed by atoms with Crippen molar-refractivity contribution in [2.45, 2.75) is 18.6 Å². The van der Waals surface area contributed by atoms with Gasteiger partial charge >= 0.3 is 12.1 Å². The second-order valence-electron chi connectivity index (χ2n) is 4.32. The molecule has 3 nitrogen and oxygen atoms in total. The van der Waals surface area contributed by atoms with E-state index in [9.17, 15) is 18.0 Å². The molecule has 110 valence electrons. The first kappa shape index (κ1) is 16.2.